The molecule has 0 radical (unpaired) electrons. The van der Waals surface area contributed by atoms with E-state index in [1.807, 2.05) is 30.0 Å². The molecule has 1 aliphatic heterocycles. The molecule has 0 unspecified atom stereocenters. The van der Waals surface area contributed by atoms with Crippen molar-refractivity contribution in [2.75, 3.05) is 32.7 Å². The zero-order valence-electron chi connectivity index (χ0n) is 18.1. The number of hydrogen-bond donors (Lipinski definition) is 2. The van der Waals surface area contributed by atoms with E-state index in [2.05, 4.69) is 45.4 Å². The van der Waals surface area contributed by atoms with Crippen LogP contribution in [-0.4, -0.2) is 58.1 Å². The maximum absolute atomic E-state index is 4.71. The number of hydrogen-bond acceptors (Lipinski definition) is 4. The van der Waals surface area contributed by atoms with Gasteiger partial charge in [0.1, 0.15) is 11.6 Å². The molecule has 0 aromatic carbocycles. The summed E-state index contributed by atoms with van der Waals surface area (Å²) in [6.45, 7) is 12.5. The standard InChI is InChI=1S/C22H35N7/c1-4-23-22(25-10-5-12-28-13-8-18(2)9-14-28)27-17-20-6-7-21(26-16-20)29-15-11-24-19(29)3/h6-7,11,15-16,18H,4-5,8-10,12-14,17H2,1-3H3,(H2,23,25,27). The second kappa shape index (κ2) is 11.0. The molecule has 2 aromatic rings. The first-order valence-electron chi connectivity index (χ1n) is 10.9. The first-order valence-corrected chi connectivity index (χ1v) is 10.9. The number of nitrogens with one attached hydrogen (secondary N) is 2. The lowest BCUT2D eigenvalue weighted by Crippen LogP contribution is -2.39. The van der Waals surface area contributed by atoms with Crippen LogP contribution in [0.25, 0.3) is 5.82 Å². The average molecular weight is 398 g/mol. The van der Waals surface area contributed by atoms with E-state index >= 15 is 0 Å². The summed E-state index contributed by atoms with van der Waals surface area (Å²) in [6.07, 6.45) is 9.41. The van der Waals surface area contributed by atoms with Crippen LogP contribution in [0, 0.1) is 12.8 Å². The summed E-state index contributed by atoms with van der Waals surface area (Å²) in [4.78, 5) is 16.1. The fourth-order valence-electron chi connectivity index (χ4n) is 3.58. The Morgan fingerprint density at radius 3 is 2.69 bits per heavy atom. The molecule has 0 aliphatic carbocycles. The van der Waals surface area contributed by atoms with Gasteiger partial charge in [-0.3, -0.25) is 4.57 Å². The van der Waals surface area contributed by atoms with Crippen molar-refractivity contribution in [1.82, 2.24) is 30.1 Å². The fourth-order valence-corrected chi connectivity index (χ4v) is 3.58. The number of rotatable bonds is 8. The molecule has 1 fully saturated rings. The minimum absolute atomic E-state index is 0.607. The van der Waals surface area contributed by atoms with Crippen molar-refractivity contribution in [3.05, 3.63) is 42.1 Å². The third-order valence-corrected chi connectivity index (χ3v) is 5.47. The molecule has 3 heterocycles. The summed E-state index contributed by atoms with van der Waals surface area (Å²) in [5.41, 5.74) is 1.09. The predicted molar refractivity (Wildman–Crippen MR) is 118 cm³/mol. The van der Waals surface area contributed by atoms with Gasteiger partial charge in [0, 0.05) is 31.7 Å². The van der Waals surface area contributed by atoms with Gasteiger partial charge < -0.3 is 15.5 Å². The summed E-state index contributed by atoms with van der Waals surface area (Å²) in [5.74, 6) is 3.57. The van der Waals surface area contributed by atoms with E-state index < -0.39 is 0 Å². The first-order chi connectivity index (χ1) is 14.2. The molecule has 3 rings (SSSR count). The minimum Gasteiger partial charge on any atom is -0.357 e. The Hall–Kier alpha value is -2.41. The highest BCUT2D eigenvalue weighted by Crippen LogP contribution is 2.15. The van der Waals surface area contributed by atoms with Crippen LogP contribution in [0.3, 0.4) is 0 Å². The molecule has 7 heteroatoms. The lowest BCUT2D eigenvalue weighted by Gasteiger charge is -2.30. The second-order valence-corrected chi connectivity index (χ2v) is 7.87. The fraction of sp³-hybridized carbons (Fsp3) is 0.591. The molecule has 0 saturated carbocycles. The van der Waals surface area contributed by atoms with Crippen molar-refractivity contribution in [3.63, 3.8) is 0 Å². The van der Waals surface area contributed by atoms with Gasteiger partial charge in [0.25, 0.3) is 0 Å². The van der Waals surface area contributed by atoms with Crippen molar-refractivity contribution in [1.29, 1.82) is 0 Å². The van der Waals surface area contributed by atoms with Gasteiger partial charge in [0.15, 0.2) is 5.96 Å². The lowest BCUT2D eigenvalue weighted by molar-refractivity contribution is 0.191. The molecule has 29 heavy (non-hydrogen) atoms. The van der Waals surface area contributed by atoms with Gasteiger partial charge >= 0.3 is 0 Å². The molecule has 2 N–H and O–H groups in total. The van der Waals surface area contributed by atoms with Crippen molar-refractivity contribution < 1.29 is 0 Å². The van der Waals surface area contributed by atoms with Crippen LogP contribution in [0.2, 0.25) is 0 Å². The van der Waals surface area contributed by atoms with Gasteiger partial charge in [0.05, 0.1) is 6.54 Å². The molecule has 0 atom stereocenters. The van der Waals surface area contributed by atoms with E-state index in [1.165, 1.54) is 25.9 Å². The summed E-state index contributed by atoms with van der Waals surface area (Å²) in [7, 11) is 0. The van der Waals surface area contributed by atoms with Gasteiger partial charge in [-0.25, -0.2) is 15.0 Å². The maximum atomic E-state index is 4.71. The molecular weight excluding hydrogens is 362 g/mol. The van der Waals surface area contributed by atoms with Gasteiger partial charge in [-0.2, -0.15) is 0 Å². The Morgan fingerprint density at radius 2 is 2.03 bits per heavy atom. The number of nitrogens with zero attached hydrogens (tertiary/aromatic N) is 5. The SMILES string of the molecule is CCNC(=NCc1ccc(-n2ccnc2C)nc1)NCCCN1CCC(C)CC1. The molecule has 0 amide bonds. The van der Waals surface area contributed by atoms with Crippen molar-refractivity contribution in [3.8, 4) is 5.82 Å². The average Bonchev–Trinajstić information content (AvgIpc) is 3.17. The Balaban J connectivity index is 1.45. The smallest absolute Gasteiger partial charge is 0.191 e. The minimum atomic E-state index is 0.607. The molecule has 158 valence electrons. The highest BCUT2D eigenvalue weighted by atomic mass is 15.2. The normalized spacial score (nSPS) is 16.2. The Kier molecular flexibility index (Phi) is 8.04. The number of aliphatic imine (C=N–C) groups is 1. The molecule has 1 saturated heterocycles. The van der Waals surface area contributed by atoms with Gasteiger partial charge in [-0.1, -0.05) is 13.0 Å². The van der Waals surface area contributed by atoms with E-state index in [0.717, 1.165) is 55.1 Å². The van der Waals surface area contributed by atoms with E-state index in [4.69, 9.17) is 4.99 Å². The van der Waals surface area contributed by atoms with Crippen LogP contribution in [0.1, 0.15) is 44.5 Å². The van der Waals surface area contributed by atoms with Crippen LogP contribution in [0.15, 0.2) is 35.7 Å². The Morgan fingerprint density at radius 1 is 1.21 bits per heavy atom. The van der Waals surface area contributed by atoms with Crippen LogP contribution < -0.4 is 10.6 Å². The van der Waals surface area contributed by atoms with E-state index in [9.17, 15) is 0 Å². The van der Waals surface area contributed by atoms with Crippen LogP contribution in [-0.2, 0) is 6.54 Å². The van der Waals surface area contributed by atoms with Gasteiger partial charge in [-0.05, 0) is 70.3 Å². The maximum Gasteiger partial charge on any atom is 0.191 e. The molecule has 2 aromatic heterocycles. The highest BCUT2D eigenvalue weighted by molar-refractivity contribution is 5.79. The van der Waals surface area contributed by atoms with E-state index in [0.29, 0.717) is 6.54 Å². The Bertz CT molecular complexity index is 758. The third kappa shape index (κ3) is 6.56. The second-order valence-electron chi connectivity index (χ2n) is 7.87. The number of guanidine groups is 1. The quantitative estimate of drug-likeness (QED) is 0.407. The summed E-state index contributed by atoms with van der Waals surface area (Å²) >= 11 is 0. The monoisotopic (exact) mass is 397 g/mol. The van der Waals surface area contributed by atoms with E-state index in [1.54, 1.807) is 6.20 Å². The predicted octanol–water partition coefficient (Wildman–Crippen LogP) is 2.75. The van der Waals surface area contributed by atoms with Crippen molar-refractivity contribution in [2.24, 2.45) is 10.9 Å². The van der Waals surface area contributed by atoms with Crippen LogP contribution >= 0.6 is 0 Å². The molecule has 0 spiro atoms. The number of piperidine rings is 1. The van der Waals surface area contributed by atoms with Gasteiger partial charge in [-0.15, -0.1) is 0 Å². The van der Waals surface area contributed by atoms with E-state index in [-0.39, 0.29) is 0 Å². The number of likely N-dealkylation sites (tertiary alicyclic amines) is 1. The number of aromatic nitrogens is 3. The van der Waals surface area contributed by atoms with Crippen LogP contribution in [0.4, 0.5) is 0 Å². The largest absolute Gasteiger partial charge is 0.357 e. The van der Waals surface area contributed by atoms with Crippen LogP contribution in [0.5, 0.6) is 0 Å². The number of aryl methyl sites for hydroxylation is 1. The third-order valence-electron chi connectivity index (χ3n) is 5.47. The lowest BCUT2D eigenvalue weighted by atomic mass is 9.99. The molecule has 7 nitrogen and oxygen atoms in total. The summed E-state index contributed by atoms with van der Waals surface area (Å²) in [5, 5.41) is 6.79. The first kappa shape index (κ1) is 21.3. The number of imidazole rings is 1. The molecule has 1 aliphatic rings. The Labute approximate surface area is 174 Å². The van der Waals surface area contributed by atoms with Crippen molar-refractivity contribution >= 4 is 5.96 Å². The molecular formula is C22H35N7. The van der Waals surface area contributed by atoms with Gasteiger partial charge in [0.2, 0.25) is 0 Å². The van der Waals surface area contributed by atoms with Crippen molar-refractivity contribution in [2.45, 2.75) is 46.6 Å². The topological polar surface area (TPSA) is 70.4 Å². The summed E-state index contributed by atoms with van der Waals surface area (Å²) < 4.78 is 1.97. The summed E-state index contributed by atoms with van der Waals surface area (Å²) in [6, 6.07) is 4.09. The zero-order chi connectivity index (χ0) is 20.5. The molecule has 0 bridgehead atoms. The number of pyridine rings is 1. The zero-order valence-corrected chi connectivity index (χ0v) is 18.1. The highest BCUT2D eigenvalue weighted by Gasteiger charge is 2.14.